The van der Waals surface area contributed by atoms with Crippen LogP contribution in [0.2, 0.25) is 0 Å². The van der Waals surface area contributed by atoms with Gasteiger partial charge in [0.25, 0.3) is 0 Å². The molecule has 4 amide bonds. The first kappa shape index (κ1) is 27.8. The third-order valence-electron chi connectivity index (χ3n) is 8.46. The van der Waals surface area contributed by atoms with Gasteiger partial charge in [0.1, 0.15) is 24.2 Å². The molecule has 0 radical (unpaired) electrons. The van der Waals surface area contributed by atoms with E-state index in [0.29, 0.717) is 38.1 Å². The number of carbonyl (C=O) groups is 4. The predicted octanol–water partition coefficient (Wildman–Crippen LogP) is 2.30. The van der Waals surface area contributed by atoms with Gasteiger partial charge >= 0.3 is 0 Å². The Balaban J connectivity index is 1.45. The molecular weight excluding hydrogens is 506 g/mol. The van der Waals surface area contributed by atoms with Crippen LogP contribution in [0.3, 0.4) is 0 Å². The quantitative estimate of drug-likeness (QED) is 0.515. The largest absolute Gasteiger partial charge is 0.342 e. The van der Waals surface area contributed by atoms with Crippen LogP contribution in [0, 0.1) is 5.92 Å². The Bertz CT molecular complexity index is 1180. The van der Waals surface area contributed by atoms with E-state index in [1.54, 1.807) is 23.4 Å². The molecule has 9 heteroatoms. The molecule has 1 saturated carbocycles. The van der Waals surface area contributed by atoms with E-state index >= 15 is 0 Å². The first-order valence-electron chi connectivity index (χ1n) is 14.6. The lowest BCUT2D eigenvalue weighted by atomic mass is 9.84. The molecule has 2 aliphatic heterocycles. The second-order valence-electron chi connectivity index (χ2n) is 11.4. The van der Waals surface area contributed by atoms with Gasteiger partial charge in [-0.2, -0.15) is 0 Å². The third-order valence-corrected chi connectivity index (χ3v) is 8.46. The van der Waals surface area contributed by atoms with E-state index < -0.39 is 24.2 Å². The molecule has 2 saturated heterocycles. The Hall–Kier alpha value is -3.75. The van der Waals surface area contributed by atoms with Crippen LogP contribution in [0.4, 0.5) is 0 Å². The summed E-state index contributed by atoms with van der Waals surface area (Å²) in [4.78, 5) is 60.7. The minimum atomic E-state index is -0.865. The van der Waals surface area contributed by atoms with E-state index in [4.69, 9.17) is 0 Å². The number of pyridine rings is 1. The summed E-state index contributed by atoms with van der Waals surface area (Å²) in [6, 6.07) is 9.95. The maximum Gasteiger partial charge on any atom is 0.246 e. The van der Waals surface area contributed by atoms with Crippen LogP contribution in [0.25, 0.3) is 0 Å². The molecular formula is C31H39N5O4. The fourth-order valence-corrected chi connectivity index (χ4v) is 6.32. The number of nitrogens with one attached hydrogen (secondary N) is 3. The van der Waals surface area contributed by atoms with Gasteiger partial charge in [0, 0.05) is 31.8 Å². The highest BCUT2D eigenvalue weighted by atomic mass is 16.2. The van der Waals surface area contributed by atoms with Crippen molar-refractivity contribution >= 4 is 23.6 Å². The molecule has 9 nitrogen and oxygen atoms in total. The zero-order valence-electron chi connectivity index (χ0n) is 22.9. The number of carbonyl (C=O) groups excluding carboxylic acids is 4. The maximum atomic E-state index is 13.9. The van der Waals surface area contributed by atoms with Crippen molar-refractivity contribution in [1.82, 2.24) is 25.8 Å². The van der Waals surface area contributed by atoms with E-state index in [-0.39, 0.29) is 30.0 Å². The number of rotatable bonds is 6. The molecule has 212 valence electrons. The van der Waals surface area contributed by atoms with Gasteiger partial charge in [-0.3, -0.25) is 24.2 Å². The van der Waals surface area contributed by atoms with Gasteiger partial charge in [0.2, 0.25) is 23.6 Å². The number of amides is 4. The molecule has 1 aliphatic carbocycles. The van der Waals surface area contributed by atoms with Crippen molar-refractivity contribution in [3.8, 4) is 0 Å². The number of fused-ring (bicyclic) bond motifs is 1. The molecule has 40 heavy (non-hydrogen) atoms. The van der Waals surface area contributed by atoms with Crippen molar-refractivity contribution < 1.29 is 19.2 Å². The van der Waals surface area contributed by atoms with Crippen LogP contribution in [-0.2, 0) is 32.0 Å². The second-order valence-corrected chi connectivity index (χ2v) is 11.4. The summed E-state index contributed by atoms with van der Waals surface area (Å²) < 4.78 is 0. The lowest BCUT2D eigenvalue weighted by Crippen LogP contribution is -2.62. The van der Waals surface area contributed by atoms with E-state index in [1.807, 2.05) is 36.4 Å². The highest BCUT2D eigenvalue weighted by Gasteiger charge is 2.41. The summed E-state index contributed by atoms with van der Waals surface area (Å²) >= 11 is 0. The molecule has 3 heterocycles. The van der Waals surface area contributed by atoms with E-state index in [0.717, 1.165) is 36.8 Å². The minimum Gasteiger partial charge on any atom is -0.342 e. The highest BCUT2D eigenvalue weighted by molar-refractivity contribution is 5.98. The molecule has 1 aromatic heterocycles. The van der Waals surface area contributed by atoms with Crippen molar-refractivity contribution in [2.45, 2.75) is 88.4 Å². The molecule has 0 spiro atoms. The molecule has 3 aliphatic rings. The average molecular weight is 546 g/mol. The first-order chi connectivity index (χ1) is 19.5. The van der Waals surface area contributed by atoms with Crippen LogP contribution in [0.1, 0.15) is 62.5 Å². The molecule has 3 fully saturated rings. The average Bonchev–Trinajstić information content (AvgIpc) is 3.47. The van der Waals surface area contributed by atoms with Gasteiger partial charge in [-0.25, -0.2) is 0 Å². The minimum absolute atomic E-state index is 0.254. The van der Waals surface area contributed by atoms with Crippen molar-refractivity contribution in [2.75, 3.05) is 6.54 Å². The normalized spacial score (nSPS) is 26.6. The number of hydrogen-bond donors (Lipinski definition) is 3. The molecule has 3 N–H and O–H groups in total. The highest BCUT2D eigenvalue weighted by Crippen LogP contribution is 2.28. The fraction of sp³-hybridized carbons (Fsp3) is 0.516. The zero-order chi connectivity index (χ0) is 27.9. The number of nitrogens with zero attached hydrogens (tertiary/aromatic N) is 2. The number of benzene rings is 1. The topological polar surface area (TPSA) is 120 Å². The van der Waals surface area contributed by atoms with E-state index in [1.165, 1.54) is 6.42 Å². The van der Waals surface area contributed by atoms with Crippen molar-refractivity contribution in [1.29, 1.82) is 0 Å². The van der Waals surface area contributed by atoms with Crippen LogP contribution in [0.15, 0.2) is 54.9 Å². The molecule has 5 rings (SSSR count). The Labute approximate surface area is 235 Å². The van der Waals surface area contributed by atoms with Gasteiger partial charge in [0.05, 0.1) is 0 Å². The molecule has 0 bridgehead atoms. The molecule has 4 atom stereocenters. The molecule has 1 aromatic carbocycles. The van der Waals surface area contributed by atoms with E-state index in [9.17, 15) is 19.2 Å². The van der Waals surface area contributed by atoms with Gasteiger partial charge in [0.15, 0.2) is 0 Å². The third kappa shape index (κ3) is 6.87. The Morgan fingerprint density at radius 3 is 2.12 bits per heavy atom. The number of aromatic nitrogens is 1. The van der Waals surface area contributed by atoms with Gasteiger partial charge < -0.3 is 20.9 Å². The number of hydrogen-bond acceptors (Lipinski definition) is 5. The fourth-order valence-electron chi connectivity index (χ4n) is 6.32. The standard InChI is InChI=1S/C31H39N5O4/c37-28-25(18-22-11-5-2-6-12-22)34-30(39)27-14-8-16-36(27)31(40)26(19-23-13-7-15-32-20-23)35-29(38)24(33-28)17-21-9-3-1-4-10-21/h2,5-7,11-13,15,20-21,24-27H,1,3-4,8-10,14,16-19H2,(H,33,37)(H,34,39)(H,35,38)/t24-,25+,26+,27-/m1/s1. The van der Waals surface area contributed by atoms with Gasteiger partial charge in [-0.15, -0.1) is 0 Å². The smallest absolute Gasteiger partial charge is 0.246 e. The maximum absolute atomic E-state index is 13.9. The van der Waals surface area contributed by atoms with Gasteiger partial charge in [-0.05, 0) is 42.4 Å². The zero-order valence-corrected chi connectivity index (χ0v) is 22.9. The summed E-state index contributed by atoms with van der Waals surface area (Å²) in [6.07, 6.45) is 11.0. The summed E-state index contributed by atoms with van der Waals surface area (Å²) in [5.41, 5.74) is 1.71. The SMILES string of the molecule is O=C1N[C@H](CC2CCCCC2)C(=O)N[C@@H](Cc2cccnc2)C(=O)N2CCC[C@@H]2C(=O)N[C@H]1Cc1ccccc1. The summed E-state index contributed by atoms with van der Waals surface area (Å²) in [6.45, 7) is 0.428. The Kier molecular flexibility index (Phi) is 9.08. The first-order valence-corrected chi connectivity index (χ1v) is 14.6. The van der Waals surface area contributed by atoms with Crippen LogP contribution in [-0.4, -0.2) is 64.2 Å². The van der Waals surface area contributed by atoms with Crippen molar-refractivity contribution in [3.05, 3.63) is 66.0 Å². The molecule has 0 unspecified atom stereocenters. The molecule has 2 aromatic rings. The summed E-state index contributed by atoms with van der Waals surface area (Å²) in [5.74, 6) is -1.04. The lowest BCUT2D eigenvalue weighted by Gasteiger charge is -2.33. The Morgan fingerprint density at radius 1 is 0.700 bits per heavy atom. The van der Waals surface area contributed by atoms with Crippen molar-refractivity contribution in [2.24, 2.45) is 5.92 Å². The second kappa shape index (κ2) is 13.1. The summed E-state index contributed by atoms with van der Waals surface area (Å²) in [5, 5.41) is 8.90. The van der Waals surface area contributed by atoms with Crippen LogP contribution < -0.4 is 16.0 Å². The Morgan fingerprint density at radius 2 is 1.38 bits per heavy atom. The van der Waals surface area contributed by atoms with Crippen molar-refractivity contribution in [3.63, 3.8) is 0 Å². The van der Waals surface area contributed by atoms with Crippen LogP contribution in [0.5, 0.6) is 0 Å². The summed E-state index contributed by atoms with van der Waals surface area (Å²) in [7, 11) is 0. The monoisotopic (exact) mass is 545 g/mol. The van der Waals surface area contributed by atoms with Crippen LogP contribution >= 0.6 is 0 Å². The van der Waals surface area contributed by atoms with E-state index in [2.05, 4.69) is 20.9 Å². The predicted molar refractivity (Wildman–Crippen MR) is 150 cm³/mol. The lowest BCUT2D eigenvalue weighted by molar-refractivity contribution is -0.143. The van der Waals surface area contributed by atoms with Gasteiger partial charge in [-0.1, -0.05) is 68.5 Å².